The van der Waals surface area contributed by atoms with Crippen molar-refractivity contribution in [2.45, 2.75) is 0 Å². The molecule has 0 bridgehead atoms. The summed E-state index contributed by atoms with van der Waals surface area (Å²) in [5.41, 5.74) is 0. The molecule has 0 atom stereocenters. The number of halogens is 1. The van der Waals surface area contributed by atoms with Crippen LogP contribution in [0.4, 0.5) is 4.53 Å². The minimum absolute atomic E-state index is 0. The van der Waals surface area contributed by atoms with Crippen LogP contribution in [-0.4, -0.2) is 0 Å². The van der Waals surface area contributed by atoms with E-state index in [0.29, 0.717) is 0 Å². The van der Waals surface area contributed by atoms with Gasteiger partial charge in [-0.1, -0.05) is 0 Å². The molecule has 0 spiro atoms. The Morgan fingerprint density at radius 3 is 1.75 bits per heavy atom. The van der Waals surface area contributed by atoms with Crippen LogP contribution in [0.2, 0.25) is 0 Å². The van der Waals surface area contributed by atoms with Gasteiger partial charge in [0.25, 0.3) is 0 Å². The molecule has 0 aliphatic heterocycles. The normalized spacial score (nSPS) is 4.75. The van der Waals surface area contributed by atoms with Crippen molar-refractivity contribution in [1.29, 1.82) is 0 Å². The summed E-state index contributed by atoms with van der Waals surface area (Å²) in [6, 6.07) is 0. The summed E-state index contributed by atoms with van der Waals surface area (Å²) >= 11 is 2.66. The quantitative estimate of drug-likeness (QED) is 0.455. The van der Waals surface area contributed by atoms with Gasteiger partial charge in [0.05, 0.1) is 0 Å². The van der Waals surface area contributed by atoms with Gasteiger partial charge in [0.15, 0.2) is 0 Å². The van der Waals surface area contributed by atoms with E-state index in [1.807, 2.05) is 0 Å². The van der Waals surface area contributed by atoms with Crippen LogP contribution in [0.3, 0.4) is 0 Å². The van der Waals surface area contributed by atoms with E-state index in [4.69, 9.17) is 0 Å². The van der Waals surface area contributed by atoms with Crippen LogP contribution in [0.1, 0.15) is 0 Å². The molecule has 32 valence electrons. The predicted octanol–water partition coefficient (Wildman–Crippen LogP) is 0.347. The first-order chi connectivity index (χ1) is 1.41. The van der Waals surface area contributed by atoms with E-state index in [-0.39, 0.29) is 16.5 Å². The van der Waals surface area contributed by atoms with Gasteiger partial charge in [-0.05, 0) is 0 Å². The van der Waals surface area contributed by atoms with E-state index < -0.39 is 0 Å². The zero-order chi connectivity index (χ0) is 2.71. The third kappa shape index (κ3) is 13.0. The molecule has 0 rings (SSSR count). The summed E-state index contributed by atoms with van der Waals surface area (Å²) in [6.45, 7) is 0. The van der Waals surface area contributed by atoms with E-state index in [9.17, 15) is 4.53 Å². The maximum absolute atomic E-state index is 9.65. The van der Waals surface area contributed by atoms with Gasteiger partial charge in [-0.3, -0.25) is 0 Å². The fourth-order valence-electron chi connectivity index (χ4n) is 0. The molecule has 0 saturated heterocycles. The molecule has 0 amide bonds. The Labute approximate surface area is 41.6 Å². The van der Waals surface area contributed by atoms with E-state index in [1.54, 1.807) is 0 Å². The van der Waals surface area contributed by atoms with Crippen LogP contribution in [-0.2, 0) is 36.6 Å². The number of hydrogen-bond donors (Lipinski definition) is 0. The summed E-state index contributed by atoms with van der Waals surface area (Å²) in [7, 11) is 0. The second-order valence-electron chi connectivity index (χ2n) is 0.0514. The molecule has 4 heavy (non-hydrogen) atoms. The van der Waals surface area contributed by atoms with Gasteiger partial charge in [-0.15, -0.1) is 0 Å². The topological polar surface area (TPSA) is 9.23 Å². The van der Waals surface area contributed by atoms with E-state index in [0.717, 1.165) is 0 Å². The fourth-order valence-corrected chi connectivity index (χ4v) is 0. The largest absolute Gasteiger partial charge is 0 e. The zero-order valence-corrected chi connectivity index (χ0v) is 3.46. The fraction of sp³-hybridized carbons (Fsp3) is 0. The summed E-state index contributed by atoms with van der Waals surface area (Å²) in [5.74, 6) is 0. The Balaban J connectivity index is 0. The van der Waals surface area contributed by atoms with Crippen molar-refractivity contribution >= 4 is 0 Å². The van der Waals surface area contributed by atoms with Crippen molar-refractivity contribution < 1.29 is 41.1 Å². The van der Waals surface area contributed by atoms with Crippen molar-refractivity contribution in [2.75, 3.05) is 0 Å². The Morgan fingerprint density at radius 2 is 1.75 bits per heavy atom. The third-order valence-corrected chi connectivity index (χ3v) is 0. The SMILES string of the molecule is F[O][Co].[Ni]. The third-order valence-electron chi connectivity index (χ3n) is 0. The second kappa shape index (κ2) is 9.10. The molecule has 0 saturated carbocycles. The Hall–Kier alpha value is 0.890. The van der Waals surface area contributed by atoms with Crippen molar-refractivity contribution in [3.63, 3.8) is 0 Å². The molecule has 0 N–H and O–H groups in total. The molecule has 0 aromatic rings. The van der Waals surface area contributed by atoms with Crippen LogP contribution >= 0.6 is 0 Å². The Kier molecular flexibility index (Phi) is 20.1. The molecular weight excluding hydrogens is 153 g/mol. The van der Waals surface area contributed by atoms with Crippen molar-refractivity contribution in [3.8, 4) is 0 Å². The average Bonchev–Trinajstić information content (AvgIpc) is 0.918. The maximum Gasteiger partial charge on any atom is 0 e. The molecule has 0 aliphatic carbocycles. The molecule has 0 aromatic heterocycles. The summed E-state index contributed by atoms with van der Waals surface area (Å²) in [4.78, 5) is 0. The van der Waals surface area contributed by atoms with Gasteiger partial charge in [0.2, 0.25) is 0 Å². The molecule has 1 nitrogen and oxygen atoms in total. The molecule has 0 unspecified atom stereocenters. The monoisotopic (exact) mass is 152 g/mol. The number of hydrogen-bond acceptors (Lipinski definition) is 1. The average molecular weight is 153 g/mol. The van der Waals surface area contributed by atoms with Gasteiger partial charge in [0.1, 0.15) is 0 Å². The van der Waals surface area contributed by atoms with Crippen LogP contribution in [0.5, 0.6) is 0 Å². The molecule has 0 radical (unpaired) electrons. The maximum atomic E-state index is 9.65. The zero-order valence-electron chi connectivity index (χ0n) is 1.44. The first kappa shape index (κ1) is 8.86. The van der Waals surface area contributed by atoms with Gasteiger partial charge in [0, 0.05) is 16.5 Å². The summed E-state index contributed by atoms with van der Waals surface area (Å²) < 4.78 is 12.1. The molecular formula is CoFNiO. The van der Waals surface area contributed by atoms with E-state index >= 15 is 0 Å². The van der Waals surface area contributed by atoms with E-state index in [2.05, 4.69) is 20.1 Å². The first-order valence-corrected chi connectivity index (χ1v) is 0.715. The standard InChI is InChI=1S/Co.FO.Ni/c;1-2;/q+1;-1;. The summed E-state index contributed by atoms with van der Waals surface area (Å²) in [6.07, 6.45) is 0. The smallest absolute Gasteiger partial charge is 0 e. The van der Waals surface area contributed by atoms with Crippen LogP contribution in [0.15, 0.2) is 0 Å². The minimum atomic E-state index is 0. The molecule has 4 heteroatoms. The van der Waals surface area contributed by atoms with Crippen LogP contribution in [0, 0.1) is 0 Å². The predicted molar refractivity (Wildman–Crippen MR) is 2.19 cm³/mol. The van der Waals surface area contributed by atoms with Gasteiger partial charge < -0.3 is 0 Å². The molecule has 0 fully saturated rings. The van der Waals surface area contributed by atoms with Gasteiger partial charge >= 0.3 is 24.6 Å². The Morgan fingerprint density at radius 1 is 1.75 bits per heavy atom. The minimum Gasteiger partial charge on any atom is 0 e. The second-order valence-corrected chi connectivity index (χ2v) is 0.212. The Bertz CT molecular complexity index is 8.00. The van der Waals surface area contributed by atoms with Crippen molar-refractivity contribution in [2.24, 2.45) is 0 Å². The molecule has 0 heterocycles. The first-order valence-electron chi connectivity index (χ1n) is 0.290. The van der Waals surface area contributed by atoms with Crippen molar-refractivity contribution in [3.05, 3.63) is 0 Å². The van der Waals surface area contributed by atoms with E-state index in [1.165, 1.54) is 0 Å². The summed E-state index contributed by atoms with van der Waals surface area (Å²) in [5, 5.41) is 0. The van der Waals surface area contributed by atoms with Gasteiger partial charge in [-0.2, -0.15) is 0 Å². The number of rotatable bonds is 0. The molecule has 0 aromatic carbocycles. The van der Waals surface area contributed by atoms with Crippen LogP contribution < -0.4 is 0 Å². The van der Waals surface area contributed by atoms with Crippen LogP contribution in [0.25, 0.3) is 0 Å². The van der Waals surface area contributed by atoms with Gasteiger partial charge in [-0.25, -0.2) is 0 Å². The molecule has 0 aliphatic rings. The van der Waals surface area contributed by atoms with Crippen molar-refractivity contribution in [1.82, 2.24) is 0 Å².